The van der Waals surface area contributed by atoms with Gasteiger partial charge in [-0.25, -0.2) is 0 Å². The van der Waals surface area contributed by atoms with Crippen molar-refractivity contribution in [2.75, 3.05) is 0 Å². The van der Waals surface area contributed by atoms with Gasteiger partial charge in [-0.3, -0.25) is 0 Å². The minimum absolute atomic E-state index is 0.408. The molecule has 1 nitrogen and oxygen atoms in total. The van der Waals surface area contributed by atoms with Gasteiger partial charge < -0.3 is 5.11 Å². The van der Waals surface area contributed by atoms with Crippen molar-refractivity contribution in [1.29, 1.82) is 0 Å². The second-order valence-corrected chi connectivity index (χ2v) is 12.6. The van der Waals surface area contributed by atoms with Crippen LogP contribution >= 0.6 is 11.8 Å². The van der Waals surface area contributed by atoms with Crippen molar-refractivity contribution >= 4 is 30.9 Å². The molecule has 0 amide bonds. The molecule has 5 rings (SSSR count). The molecule has 154 valence electrons. The van der Waals surface area contributed by atoms with Crippen LogP contribution in [0.25, 0.3) is 0 Å². The van der Waals surface area contributed by atoms with Gasteiger partial charge in [0.15, 0.2) is 0 Å². The van der Waals surface area contributed by atoms with Gasteiger partial charge in [0, 0.05) is 9.79 Å². The summed E-state index contributed by atoms with van der Waals surface area (Å²) in [7, 11) is -2.13. The van der Waals surface area contributed by atoms with E-state index in [1.165, 1.54) is 15.9 Å². The van der Waals surface area contributed by atoms with Crippen LogP contribution in [-0.2, 0) is 5.22 Å². The average molecular weight is 439 g/mol. The lowest BCUT2D eigenvalue weighted by Gasteiger charge is -2.42. The molecular weight excluding hydrogens is 412 g/mol. The molecule has 31 heavy (non-hydrogen) atoms. The summed E-state index contributed by atoms with van der Waals surface area (Å²) < 4.78 is 0. The lowest BCUT2D eigenvalue weighted by atomic mass is 9.94. The van der Waals surface area contributed by atoms with Gasteiger partial charge in [-0.15, -0.1) is 0 Å². The highest BCUT2D eigenvalue weighted by atomic mass is 32.2. The van der Waals surface area contributed by atoms with Crippen molar-refractivity contribution < 1.29 is 5.11 Å². The number of benzene rings is 4. The molecule has 3 heteroatoms. The quantitative estimate of drug-likeness (QED) is 0.448. The van der Waals surface area contributed by atoms with Crippen molar-refractivity contribution in [3.63, 3.8) is 0 Å². The third-order valence-electron chi connectivity index (χ3n) is 6.28. The number of hydrogen-bond acceptors (Lipinski definition) is 2. The summed E-state index contributed by atoms with van der Waals surface area (Å²) in [6.07, 6.45) is 0. The van der Waals surface area contributed by atoms with Gasteiger partial charge in [0.05, 0.1) is 0 Å². The lowest BCUT2D eigenvalue weighted by Crippen LogP contribution is -2.60. The Kier molecular flexibility index (Phi) is 5.35. The third kappa shape index (κ3) is 3.47. The molecule has 0 bridgehead atoms. The zero-order valence-electron chi connectivity index (χ0n) is 17.8. The van der Waals surface area contributed by atoms with Crippen LogP contribution in [0.15, 0.2) is 113 Å². The second kappa shape index (κ2) is 8.16. The van der Waals surface area contributed by atoms with Crippen molar-refractivity contribution in [3.8, 4) is 0 Å². The highest BCUT2D eigenvalue weighted by molar-refractivity contribution is 7.99. The highest BCUT2D eigenvalue weighted by Gasteiger charge is 2.48. The van der Waals surface area contributed by atoms with E-state index in [-0.39, 0.29) is 0 Å². The summed E-state index contributed by atoms with van der Waals surface area (Å²) in [5.74, 6) is 0.408. The van der Waals surface area contributed by atoms with Crippen LogP contribution in [0.3, 0.4) is 0 Å². The second-order valence-electron chi connectivity index (χ2n) is 8.53. The van der Waals surface area contributed by atoms with Gasteiger partial charge >= 0.3 is 0 Å². The van der Waals surface area contributed by atoms with E-state index in [0.29, 0.717) is 5.92 Å². The Hall–Kier alpha value is -2.59. The summed E-state index contributed by atoms with van der Waals surface area (Å²) in [6, 6.07) is 36.3. The fraction of sp³-hybridized carbons (Fsp3) is 0.143. The minimum atomic E-state index is -2.13. The van der Waals surface area contributed by atoms with Crippen LogP contribution in [0.4, 0.5) is 0 Å². The molecule has 1 heterocycles. The van der Waals surface area contributed by atoms with Gasteiger partial charge in [0.1, 0.15) is 14.0 Å². The van der Waals surface area contributed by atoms with Crippen molar-refractivity contribution in [2.24, 2.45) is 0 Å². The normalized spacial score (nSPS) is 17.5. The molecule has 0 saturated carbocycles. The summed E-state index contributed by atoms with van der Waals surface area (Å²) in [6.45, 7) is 4.43. The average Bonchev–Trinajstić information content (AvgIpc) is 2.81. The van der Waals surface area contributed by atoms with Crippen molar-refractivity contribution in [2.45, 2.75) is 34.8 Å². The van der Waals surface area contributed by atoms with E-state index in [1.807, 2.05) is 0 Å². The molecular formula is C28H26OSSi. The molecule has 0 radical (unpaired) electrons. The Balaban J connectivity index is 1.84. The molecule has 1 aliphatic heterocycles. The molecule has 0 aliphatic carbocycles. The van der Waals surface area contributed by atoms with Crippen LogP contribution in [0.5, 0.6) is 0 Å². The minimum Gasteiger partial charge on any atom is -0.384 e. The van der Waals surface area contributed by atoms with E-state index < -0.39 is 14.0 Å². The maximum Gasteiger partial charge on any atom is 0.149 e. The van der Waals surface area contributed by atoms with Gasteiger partial charge in [-0.2, -0.15) is 0 Å². The molecule has 4 aromatic carbocycles. The first-order valence-electron chi connectivity index (χ1n) is 10.8. The van der Waals surface area contributed by atoms with Gasteiger partial charge in [-0.1, -0.05) is 127 Å². The maximum atomic E-state index is 12.9. The predicted molar refractivity (Wildman–Crippen MR) is 133 cm³/mol. The fourth-order valence-corrected chi connectivity index (χ4v) is 9.77. The first-order valence-corrected chi connectivity index (χ1v) is 13.4. The van der Waals surface area contributed by atoms with E-state index in [9.17, 15) is 5.11 Å². The maximum absolute atomic E-state index is 12.9. The molecule has 0 aromatic heterocycles. The van der Waals surface area contributed by atoms with Crippen LogP contribution in [0, 0.1) is 0 Å². The van der Waals surface area contributed by atoms with Gasteiger partial charge in [-0.05, 0) is 34.7 Å². The van der Waals surface area contributed by atoms with Crippen LogP contribution in [-0.4, -0.2) is 13.9 Å². The first-order chi connectivity index (χ1) is 15.1. The van der Waals surface area contributed by atoms with E-state index in [2.05, 4.69) is 117 Å². The fourth-order valence-electron chi connectivity index (χ4n) is 4.70. The van der Waals surface area contributed by atoms with E-state index in [4.69, 9.17) is 0 Å². The topological polar surface area (TPSA) is 20.2 Å². The molecule has 1 atom stereocenters. The van der Waals surface area contributed by atoms with E-state index in [1.54, 1.807) is 11.8 Å². The van der Waals surface area contributed by atoms with E-state index >= 15 is 0 Å². The van der Waals surface area contributed by atoms with Crippen LogP contribution in [0.1, 0.15) is 36.5 Å². The lowest BCUT2D eigenvalue weighted by molar-refractivity contribution is 0.159. The SMILES string of the molecule is CC(C)c1ccc2c(c1)C(O)([SiH](c1ccccc1)c1ccccc1)c1ccccc1S2. The van der Waals surface area contributed by atoms with Crippen molar-refractivity contribution in [1.82, 2.24) is 0 Å². The van der Waals surface area contributed by atoms with Gasteiger partial charge in [0.2, 0.25) is 0 Å². The largest absolute Gasteiger partial charge is 0.384 e. The Bertz CT molecular complexity index is 1170. The van der Waals surface area contributed by atoms with Crippen LogP contribution in [0.2, 0.25) is 0 Å². The third-order valence-corrected chi connectivity index (χ3v) is 11.0. The zero-order valence-corrected chi connectivity index (χ0v) is 19.8. The smallest absolute Gasteiger partial charge is 0.149 e. The Morgan fingerprint density at radius 1 is 0.677 bits per heavy atom. The molecule has 1 N–H and O–H groups in total. The Morgan fingerprint density at radius 3 is 1.84 bits per heavy atom. The predicted octanol–water partition coefficient (Wildman–Crippen LogP) is 5.09. The zero-order chi connectivity index (χ0) is 21.4. The molecule has 1 aliphatic rings. The molecule has 0 saturated heterocycles. The molecule has 1 unspecified atom stereocenters. The first kappa shape index (κ1) is 20.3. The molecule has 0 spiro atoms. The van der Waals surface area contributed by atoms with Crippen LogP contribution < -0.4 is 10.4 Å². The summed E-state index contributed by atoms with van der Waals surface area (Å²) >= 11 is 1.78. The monoisotopic (exact) mass is 438 g/mol. The van der Waals surface area contributed by atoms with E-state index in [0.717, 1.165) is 20.9 Å². The standard InChI is InChI=1S/C28H26OSSi/c1-20(2)21-17-18-27-25(19-21)28(29,24-15-9-10-16-26(24)30-27)31(22-11-5-3-6-12-22)23-13-7-4-8-14-23/h3-20,29,31H,1-2H3. The number of rotatable bonds is 4. The summed E-state index contributed by atoms with van der Waals surface area (Å²) in [5.41, 5.74) is 3.37. The number of aliphatic hydroxyl groups is 1. The highest BCUT2D eigenvalue weighted by Crippen LogP contribution is 2.49. The number of fused-ring (bicyclic) bond motifs is 2. The number of hydrogen-bond donors (Lipinski definition) is 1. The molecule has 0 fully saturated rings. The van der Waals surface area contributed by atoms with Gasteiger partial charge in [0.25, 0.3) is 0 Å². The summed E-state index contributed by atoms with van der Waals surface area (Å²) in [4.78, 5) is 2.31. The van der Waals surface area contributed by atoms with Crippen molar-refractivity contribution in [3.05, 3.63) is 120 Å². The summed E-state index contributed by atoms with van der Waals surface area (Å²) in [5, 5.41) is 14.4. The molecule has 4 aromatic rings. The Labute approximate surface area is 190 Å². The Morgan fingerprint density at radius 2 is 1.23 bits per heavy atom.